The van der Waals surface area contributed by atoms with Crippen molar-refractivity contribution in [2.24, 2.45) is 0 Å². The molecule has 0 radical (unpaired) electrons. The van der Waals surface area contributed by atoms with Gasteiger partial charge in [-0.1, -0.05) is 0 Å². The van der Waals surface area contributed by atoms with Crippen LogP contribution in [0, 0.1) is 0 Å². The second-order valence-corrected chi connectivity index (χ2v) is 9.81. The fraction of sp³-hybridized carbons (Fsp3) is 1.00. The summed E-state index contributed by atoms with van der Waals surface area (Å²) in [6.07, 6.45) is -4.51. The third-order valence-electron chi connectivity index (χ3n) is 4.72. The number of hydrogen-bond donors (Lipinski definition) is 0. The Morgan fingerprint density at radius 3 is 1.03 bits per heavy atom. The summed E-state index contributed by atoms with van der Waals surface area (Å²) in [5.74, 6) is -63.3. The predicted molar refractivity (Wildman–Crippen MR) is 81.7 cm³/mol. The zero-order valence-corrected chi connectivity index (χ0v) is 18.4. The van der Waals surface area contributed by atoms with Crippen molar-refractivity contribution < 1.29 is 87.9 Å². The van der Waals surface area contributed by atoms with Gasteiger partial charge >= 0.3 is 56.2 Å². The van der Waals surface area contributed by atoms with E-state index in [4.69, 9.17) is 0 Å². The van der Waals surface area contributed by atoms with E-state index in [0.29, 0.717) is 21.3 Å². The highest BCUT2D eigenvalue weighted by atomic mass is 28.4. The Morgan fingerprint density at radius 1 is 0.514 bits per heavy atom. The fourth-order valence-electron chi connectivity index (χ4n) is 2.33. The van der Waals surface area contributed by atoms with Gasteiger partial charge in [-0.25, -0.2) is 4.39 Å². The molecule has 0 rings (SSSR count). The highest BCUT2D eigenvalue weighted by Gasteiger charge is 2.95. The molecule has 35 heavy (non-hydrogen) atoms. The second-order valence-electron chi connectivity index (χ2n) is 6.86. The molecule has 0 aromatic rings. The topological polar surface area (TPSA) is 27.7 Å². The minimum absolute atomic E-state index is 0.406. The van der Waals surface area contributed by atoms with Gasteiger partial charge < -0.3 is 13.3 Å². The number of rotatable bonds is 13. The van der Waals surface area contributed by atoms with Crippen LogP contribution < -0.4 is 0 Å². The van der Waals surface area contributed by atoms with Crippen molar-refractivity contribution in [3.05, 3.63) is 0 Å². The van der Waals surface area contributed by atoms with Crippen LogP contribution in [-0.4, -0.2) is 83.7 Å². The predicted octanol–water partition coefficient (Wildman–Crippen LogP) is 6.30. The van der Waals surface area contributed by atoms with Crippen LogP contribution in [0.25, 0.3) is 0 Å². The molecule has 0 heterocycles. The number of halogens is 17. The molecule has 1 atom stereocenters. The number of hydrogen-bond acceptors (Lipinski definition) is 3. The van der Waals surface area contributed by atoms with Crippen molar-refractivity contribution in [1.82, 2.24) is 0 Å². The molecule has 212 valence electrons. The molecule has 3 nitrogen and oxygen atoms in total. The van der Waals surface area contributed by atoms with Crippen LogP contribution in [-0.2, 0) is 13.3 Å². The maximum absolute atomic E-state index is 14.0. The molecule has 1 unspecified atom stereocenters. The second kappa shape index (κ2) is 9.33. The lowest BCUT2D eigenvalue weighted by atomic mass is 9.87. The van der Waals surface area contributed by atoms with E-state index in [-0.39, 0.29) is 0 Å². The lowest BCUT2D eigenvalue weighted by Crippen LogP contribution is -2.75. The Morgan fingerprint density at radius 2 is 0.771 bits per heavy atom. The molecule has 0 aliphatic rings. The fourth-order valence-corrected chi connectivity index (χ4v) is 4.03. The molecule has 0 aliphatic carbocycles. The molecule has 0 spiro atoms. The Kier molecular flexibility index (Phi) is 9.04. The first-order valence-corrected chi connectivity index (χ1v) is 10.3. The minimum atomic E-state index is -8.61. The average molecular weight is 582 g/mol. The van der Waals surface area contributed by atoms with E-state index in [0.717, 1.165) is 0 Å². The van der Waals surface area contributed by atoms with E-state index in [1.54, 1.807) is 0 Å². The van der Waals surface area contributed by atoms with Crippen molar-refractivity contribution >= 4 is 8.80 Å². The molecule has 0 saturated heterocycles. The summed E-state index contributed by atoms with van der Waals surface area (Å²) >= 11 is 0. The van der Waals surface area contributed by atoms with E-state index in [2.05, 4.69) is 13.3 Å². The molecule has 0 bridgehead atoms. The smallest absolute Gasteiger partial charge is 0.377 e. The van der Waals surface area contributed by atoms with Crippen LogP contribution in [0.15, 0.2) is 0 Å². The molecule has 0 N–H and O–H groups in total. The lowest BCUT2D eigenvalue weighted by Gasteiger charge is -2.44. The van der Waals surface area contributed by atoms with Gasteiger partial charge in [0.2, 0.25) is 0 Å². The van der Waals surface area contributed by atoms with Crippen LogP contribution in [0.1, 0.15) is 6.92 Å². The maximum Gasteiger partial charge on any atom is 0.506 e. The Bertz CT molecular complexity index is 727. The minimum Gasteiger partial charge on any atom is -0.377 e. The normalized spacial score (nSPS) is 17.1. The zero-order valence-electron chi connectivity index (χ0n) is 17.4. The quantitative estimate of drug-likeness (QED) is 0.189. The molecule has 0 amide bonds. The first-order chi connectivity index (χ1) is 15.1. The summed E-state index contributed by atoms with van der Waals surface area (Å²) in [5.41, 5.74) is 0. The molecule has 21 heteroatoms. The van der Waals surface area contributed by atoms with Gasteiger partial charge in [0.1, 0.15) is 0 Å². The van der Waals surface area contributed by atoms with E-state index in [1.807, 2.05) is 0 Å². The van der Waals surface area contributed by atoms with Gasteiger partial charge in [0.05, 0.1) is 6.04 Å². The molecule has 0 aliphatic heterocycles. The standard InChI is InChI=1S/C14H15F17O3Si/c1-6(15)8(18,19)10(22,23)12(26,27)14(30,31)13(28,29)11(24,25)9(20,21)7(16,17)5-35(32-2,33-3)34-4/h6H,5H2,1-4H3. The molecular formula is C14H15F17O3Si. The summed E-state index contributed by atoms with van der Waals surface area (Å²) in [5, 5.41) is 0. The highest BCUT2D eigenvalue weighted by Crippen LogP contribution is 2.64. The summed E-state index contributed by atoms with van der Waals surface area (Å²) in [7, 11) is -3.94. The average Bonchev–Trinajstić information content (AvgIpc) is 2.70. The SMILES string of the molecule is CO[Si](CC(F)(F)C(F)(F)C(F)(F)C(F)(F)C(F)(F)C(F)(F)C(F)(F)C(F)(F)C(C)F)(OC)OC. The van der Waals surface area contributed by atoms with Gasteiger partial charge in [0.15, 0.2) is 6.17 Å². The molecular weight excluding hydrogens is 567 g/mol. The summed E-state index contributed by atoms with van der Waals surface area (Å²) < 4.78 is 243. The van der Waals surface area contributed by atoms with E-state index in [1.165, 1.54) is 0 Å². The van der Waals surface area contributed by atoms with Crippen LogP contribution in [0.2, 0.25) is 6.04 Å². The van der Waals surface area contributed by atoms with Crippen molar-refractivity contribution in [2.75, 3.05) is 21.3 Å². The lowest BCUT2D eigenvalue weighted by molar-refractivity contribution is -0.454. The summed E-state index contributed by atoms with van der Waals surface area (Å²) in [4.78, 5) is 0. The van der Waals surface area contributed by atoms with Gasteiger partial charge in [0.25, 0.3) is 0 Å². The van der Waals surface area contributed by atoms with Gasteiger partial charge in [0, 0.05) is 21.3 Å². The van der Waals surface area contributed by atoms with E-state index < -0.39 is 75.3 Å². The Balaban J connectivity index is 6.87. The van der Waals surface area contributed by atoms with Gasteiger partial charge in [-0.15, -0.1) is 0 Å². The first-order valence-electron chi connectivity index (χ1n) is 8.40. The molecule has 0 fully saturated rings. The zero-order chi connectivity index (χ0) is 28.9. The third kappa shape index (κ3) is 4.57. The molecule has 0 aromatic heterocycles. The van der Waals surface area contributed by atoms with Crippen molar-refractivity contribution in [1.29, 1.82) is 0 Å². The largest absolute Gasteiger partial charge is 0.506 e. The highest BCUT2D eigenvalue weighted by molar-refractivity contribution is 6.60. The van der Waals surface area contributed by atoms with Crippen LogP contribution in [0.3, 0.4) is 0 Å². The van der Waals surface area contributed by atoms with Gasteiger partial charge in [-0.05, 0) is 6.92 Å². The van der Waals surface area contributed by atoms with Gasteiger partial charge in [-0.2, -0.15) is 70.2 Å². The maximum atomic E-state index is 14.0. The van der Waals surface area contributed by atoms with Crippen LogP contribution in [0.4, 0.5) is 74.6 Å². The summed E-state index contributed by atoms with van der Waals surface area (Å²) in [6, 6.07) is -2.88. The van der Waals surface area contributed by atoms with Crippen LogP contribution in [0.5, 0.6) is 0 Å². The third-order valence-corrected chi connectivity index (χ3v) is 7.46. The Labute approximate surface area is 185 Å². The molecule has 0 aromatic carbocycles. The monoisotopic (exact) mass is 582 g/mol. The van der Waals surface area contributed by atoms with E-state index in [9.17, 15) is 74.6 Å². The first kappa shape index (κ1) is 33.9. The van der Waals surface area contributed by atoms with Crippen LogP contribution >= 0.6 is 0 Å². The number of alkyl halides is 17. The van der Waals surface area contributed by atoms with Crippen molar-refractivity contribution in [2.45, 2.75) is 66.5 Å². The summed E-state index contributed by atoms with van der Waals surface area (Å²) in [6.45, 7) is -0.652. The Hall–Kier alpha value is -1.09. The van der Waals surface area contributed by atoms with Gasteiger partial charge in [-0.3, -0.25) is 0 Å². The van der Waals surface area contributed by atoms with Crippen molar-refractivity contribution in [3.63, 3.8) is 0 Å². The van der Waals surface area contributed by atoms with E-state index >= 15 is 0 Å². The molecule has 0 saturated carbocycles. The van der Waals surface area contributed by atoms with Crippen molar-refractivity contribution in [3.8, 4) is 0 Å².